The summed E-state index contributed by atoms with van der Waals surface area (Å²) in [5.74, 6) is 0. The summed E-state index contributed by atoms with van der Waals surface area (Å²) < 4.78 is 2.37. The molecule has 1 aromatic heterocycles. The Morgan fingerprint density at radius 2 is 0.762 bits per heavy atom. The number of fused-ring (bicyclic) bond motifs is 4. The number of rotatable bonds is 13. The van der Waals surface area contributed by atoms with Crippen LogP contribution in [0.2, 0.25) is 0 Å². The molecule has 4 heteroatoms. The van der Waals surface area contributed by atoms with Crippen LogP contribution in [0.1, 0.15) is 23.1 Å². The van der Waals surface area contributed by atoms with Gasteiger partial charge in [0.25, 0.3) is 0 Å². The van der Waals surface area contributed by atoms with Gasteiger partial charge in [0.2, 0.25) is 0 Å². The van der Waals surface area contributed by atoms with Gasteiger partial charge in [-0.2, -0.15) is 0 Å². The summed E-state index contributed by atoms with van der Waals surface area (Å²) in [6.45, 7) is 13.7. The topological polar surface area (TPSA) is 14.7 Å². The Balaban J connectivity index is 0.880. The summed E-state index contributed by atoms with van der Waals surface area (Å²) in [4.78, 5) is 7.20. The Morgan fingerprint density at radius 3 is 1.26 bits per heavy atom. The van der Waals surface area contributed by atoms with Crippen LogP contribution >= 0.6 is 0 Å². The molecule has 13 rings (SSSR count). The third kappa shape index (κ3) is 9.50. The number of para-hydroxylation sites is 2. The normalized spacial score (nSPS) is 13.0. The van der Waals surface area contributed by atoms with E-state index in [0.717, 1.165) is 109 Å². The van der Waals surface area contributed by atoms with E-state index in [2.05, 4.69) is 311 Å². The van der Waals surface area contributed by atoms with E-state index in [0.29, 0.717) is 0 Å². The molecule has 0 saturated carbocycles. The van der Waals surface area contributed by atoms with Gasteiger partial charge in [-0.25, -0.2) is 0 Å². The minimum atomic E-state index is 0.766. The fourth-order valence-corrected chi connectivity index (χ4v) is 11.5. The van der Waals surface area contributed by atoms with E-state index in [1.807, 2.05) is 12.2 Å². The second kappa shape index (κ2) is 21.5. The molecule has 0 bridgehead atoms. The van der Waals surface area contributed by atoms with Crippen molar-refractivity contribution in [3.63, 3.8) is 0 Å². The predicted octanol–water partition coefficient (Wildman–Crippen LogP) is 20.8. The lowest BCUT2D eigenvalue weighted by Crippen LogP contribution is -2.26. The molecular formula is C76H58N4. The molecule has 0 fully saturated rings. The van der Waals surface area contributed by atoms with Gasteiger partial charge in [0.1, 0.15) is 0 Å². The molecule has 0 amide bonds. The Labute approximate surface area is 469 Å². The van der Waals surface area contributed by atoms with E-state index in [-0.39, 0.29) is 0 Å². The van der Waals surface area contributed by atoms with Crippen LogP contribution in [0.3, 0.4) is 0 Å². The quantitative estimate of drug-likeness (QED) is 0.114. The fraction of sp³-hybridized carbons (Fsp3) is 0.0263. The van der Waals surface area contributed by atoms with E-state index in [4.69, 9.17) is 6.58 Å². The first kappa shape index (κ1) is 49.2. The monoisotopic (exact) mass is 1030 g/mol. The van der Waals surface area contributed by atoms with E-state index in [1.165, 1.54) is 33.0 Å². The molecule has 0 aliphatic carbocycles. The SMILES string of the molecule is C=Cc1ccc2c(c1)C(=C)/C=C(/N(c1ccc(-c3ccccc3)cc1)c1ccc(-c3ccc(N(c4ccc(-c5ccccc5)cc4)c4ccc5c(c4)c4cc(C=C)ccc4n5-c4ccccc4)cc3)cc1)CCN2c1ccccc1. The highest BCUT2D eigenvalue weighted by Gasteiger charge is 2.24. The van der Waals surface area contributed by atoms with E-state index >= 15 is 0 Å². The van der Waals surface area contributed by atoms with Crippen molar-refractivity contribution in [3.05, 3.63) is 321 Å². The largest absolute Gasteiger partial charge is 0.341 e. The standard InChI is InChI=1S/C76H58N4/c1-4-55-26-45-74-71(51-55)54(3)50-70(48-49-77(74)63-22-14-8-15-23-63)79(67-38-30-60(31-39-67)58-20-12-7-13-21-58)68-42-34-62(35-43-68)61-32-40-66(41-33-61)78(65-36-28-59(29-37-65)57-18-10-6-11-19-57)69-44-47-76-73(53-69)72-52-56(5-2)27-46-75(72)80(76)64-24-16-9-17-25-64/h4-47,50-53H,1-3,48-49H2/b70-50+. The molecular weight excluding hydrogens is 969 g/mol. The lowest BCUT2D eigenvalue weighted by atomic mass is 9.96. The Bertz CT molecular complexity index is 4240. The van der Waals surface area contributed by atoms with Crippen molar-refractivity contribution in [3.8, 4) is 39.1 Å². The Morgan fingerprint density at radius 1 is 0.362 bits per heavy atom. The summed E-state index contributed by atoms with van der Waals surface area (Å²) in [5.41, 5.74) is 23.4. The smallest absolute Gasteiger partial charge is 0.0542 e. The molecule has 0 unspecified atom stereocenters. The number of anilines is 7. The molecule has 4 nitrogen and oxygen atoms in total. The van der Waals surface area contributed by atoms with Gasteiger partial charge < -0.3 is 19.3 Å². The first-order valence-corrected chi connectivity index (χ1v) is 27.3. The predicted molar refractivity (Wildman–Crippen MR) is 342 cm³/mol. The number of nitrogens with zero attached hydrogens (tertiary/aromatic N) is 4. The zero-order valence-electron chi connectivity index (χ0n) is 44.5. The molecule has 1 aliphatic rings. The number of hydrogen-bond acceptors (Lipinski definition) is 3. The molecule has 1 aliphatic heterocycles. The number of aromatic nitrogens is 1. The number of allylic oxidation sites excluding steroid dienone is 2. The molecule has 0 radical (unpaired) electrons. The second-order valence-electron chi connectivity index (χ2n) is 20.3. The van der Waals surface area contributed by atoms with Crippen LogP contribution in [0.25, 0.3) is 78.6 Å². The van der Waals surface area contributed by atoms with E-state index in [1.54, 1.807) is 0 Å². The first-order valence-electron chi connectivity index (χ1n) is 27.3. The van der Waals surface area contributed by atoms with E-state index < -0.39 is 0 Å². The molecule has 0 spiro atoms. The average Bonchev–Trinajstić information content (AvgIpc) is 3.90. The van der Waals surface area contributed by atoms with Crippen LogP contribution in [-0.2, 0) is 0 Å². The molecule has 0 N–H and O–H groups in total. The van der Waals surface area contributed by atoms with Crippen LogP contribution in [0.15, 0.2) is 304 Å². The lowest BCUT2D eigenvalue weighted by molar-refractivity contribution is 0.872. The zero-order chi connectivity index (χ0) is 53.9. The maximum Gasteiger partial charge on any atom is 0.0542 e. The van der Waals surface area contributed by atoms with Crippen LogP contribution in [0, 0.1) is 0 Å². The minimum Gasteiger partial charge on any atom is -0.341 e. The average molecular weight is 1030 g/mol. The van der Waals surface area contributed by atoms with Crippen molar-refractivity contribution in [2.75, 3.05) is 21.2 Å². The molecule has 12 aromatic rings. The lowest BCUT2D eigenvalue weighted by Gasteiger charge is -2.34. The Kier molecular flexibility index (Phi) is 13.2. The molecule has 2 heterocycles. The zero-order valence-corrected chi connectivity index (χ0v) is 44.5. The van der Waals surface area contributed by atoms with E-state index in [9.17, 15) is 0 Å². The molecule has 382 valence electrons. The van der Waals surface area contributed by atoms with Gasteiger partial charge in [-0.15, -0.1) is 0 Å². The summed E-state index contributed by atoms with van der Waals surface area (Å²) in [6.07, 6.45) is 6.89. The van der Waals surface area contributed by atoms with Crippen LogP contribution in [0.4, 0.5) is 39.8 Å². The van der Waals surface area contributed by atoms with Crippen LogP contribution < -0.4 is 14.7 Å². The maximum atomic E-state index is 4.73. The highest BCUT2D eigenvalue weighted by molar-refractivity contribution is 6.11. The van der Waals surface area contributed by atoms with Crippen molar-refractivity contribution in [2.45, 2.75) is 6.42 Å². The van der Waals surface area contributed by atoms with Gasteiger partial charge in [-0.05, 0) is 171 Å². The third-order valence-corrected chi connectivity index (χ3v) is 15.5. The molecule has 0 saturated heterocycles. The second-order valence-corrected chi connectivity index (χ2v) is 20.3. The maximum absolute atomic E-state index is 4.73. The summed E-state index contributed by atoms with van der Waals surface area (Å²) >= 11 is 0. The van der Waals surface area contributed by atoms with Gasteiger partial charge in [0.15, 0.2) is 0 Å². The highest BCUT2D eigenvalue weighted by atomic mass is 15.2. The molecule has 11 aromatic carbocycles. The van der Waals surface area contributed by atoms with Crippen molar-refractivity contribution in [2.24, 2.45) is 0 Å². The highest BCUT2D eigenvalue weighted by Crippen LogP contribution is 2.44. The number of benzene rings is 11. The number of hydrogen-bond donors (Lipinski definition) is 0. The van der Waals surface area contributed by atoms with Crippen molar-refractivity contribution < 1.29 is 0 Å². The third-order valence-electron chi connectivity index (χ3n) is 15.5. The van der Waals surface area contributed by atoms with Gasteiger partial charge in [0.05, 0.1) is 11.0 Å². The van der Waals surface area contributed by atoms with Gasteiger partial charge in [-0.1, -0.05) is 190 Å². The summed E-state index contributed by atoms with van der Waals surface area (Å²) in [6, 6.07) is 98.4. The van der Waals surface area contributed by atoms with Crippen LogP contribution in [-0.4, -0.2) is 11.1 Å². The fourth-order valence-electron chi connectivity index (χ4n) is 11.5. The first-order chi connectivity index (χ1) is 39.5. The van der Waals surface area contributed by atoms with Crippen molar-refractivity contribution in [1.29, 1.82) is 0 Å². The van der Waals surface area contributed by atoms with Crippen molar-refractivity contribution in [1.82, 2.24) is 4.57 Å². The van der Waals surface area contributed by atoms with Crippen LogP contribution in [0.5, 0.6) is 0 Å². The Hall–Kier alpha value is -10.4. The molecule has 80 heavy (non-hydrogen) atoms. The minimum absolute atomic E-state index is 0.766. The summed E-state index contributed by atoms with van der Waals surface area (Å²) in [5, 5.41) is 2.36. The van der Waals surface area contributed by atoms with Gasteiger partial charge in [0, 0.05) is 80.5 Å². The van der Waals surface area contributed by atoms with Crippen molar-refractivity contribution >= 4 is 79.3 Å². The molecule has 0 atom stereocenters. The summed E-state index contributed by atoms with van der Waals surface area (Å²) in [7, 11) is 0. The van der Waals surface area contributed by atoms with Gasteiger partial charge in [-0.3, -0.25) is 0 Å². The van der Waals surface area contributed by atoms with Gasteiger partial charge >= 0.3 is 0 Å².